The minimum Gasteiger partial charge on any atom is -0.475 e. The normalized spacial score (nSPS) is 21.3. The molecular formula is C21H30F3N3O7. The molecular weight excluding hydrogens is 463 g/mol. The molecule has 3 aliphatic rings. The Morgan fingerprint density at radius 2 is 1.59 bits per heavy atom. The zero-order valence-corrected chi connectivity index (χ0v) is 19.8. The lowest BCUT2D eigenvalue weighted by Gasteiger charge is -2.51. The average molecular weight is 493 g/mol. The fourth-order valence-electron chi connectivity index (χ4n) is 3.97. The average Bonchev–Trinajstić information content (AvgIpc) is 3.04. The zero-order chi connectivity index (χ0) is 26.1. The molecule has 0 atom stereocenters. The smallest absolute Gasteiger partial charge is 0.475 e. The standard InChI is InChI=1S/C19H29N3O5.C2HF3O2/c1-13-14(12-26-15(13)23)22-11-10-20(5)19(16(22)24)6-8-21(9-7-19)17(25)27-18(2,3)4;3-2(4,5)1(6)7/h6-12H2,1-5H3;(H,6,7). The summed E-state index contributed by atoms with van der Waals surface area (Å²) < 4.78 is 42.3. The molecule has 1 spiro atoms. The lowest BCUT2D eigenvalue weighted by molar-refractivity contribution is -0.192. The quantitative estimate of drug-likeness (QED) is 0.552. The van der Waals surface area contributed by atoms with Crippen molar-refractivity contribution in [3.63, 3.8) is 0 Å². The number of amides is 2. The van der Waals surface area contributed by atoms with Crippen LogP contribution in [0.25, 0.3) is 0 Å². The van der Waals surface area contributed by atoms with Crippen LogP contribution in [0.15, 0.2) is 11.3 Å². The summed E-state index contributed by atoms with van der Waals surface area (Å²) in [5.74, 6) is -3.12. The van der Waals surface area contributed by atoms with Crippen LogP contribution in [0.4, 0.5) is 18.0 Å². The fraction of sp³-hybridized carbons (Fsp3) is 0.714. The van der Waals surface area contributed by atoms with E-state index in [0.717, 1.165) is 0 Å². The topological polar surface area (TPSA) is 117 Å². The van der Waals surface area contributed by atoms with Crippen molar-refractivity contribution in [1.82, 2.24) is 14.7 Å². The van der Waals surface area contributed by atoms with E-state index in [4.69, 9.17) is 19.4 Å². The number of aliphatic carboxylic acids is 1. The number of carbonyl (C=O) groups excluding carboxylic acids is 3. The summed E-state index contributed by atoms with van der Waals surface area (Å²) in [4.78, 5) is 51.8. The van der Waals surface area contributed by atoms with E-state index in [1.807, 2.05) is 27.8 Å². The third-order valence-electron chi connectivity index (χ3n) is 5.92. The predicted octanol–water partition coefficient (Wildman–Crippen LogP) is 1.99. The van der Waals surface area contributed by atoms with Crippen LogP contribution in [-0.2, 0) is 23.9 Å². The summed E-state index contributed by atoms with van der Waals surface area (Å²) >= 11 is 0. The van der Waals surface area contributed by atoms with Crippen LogP contribution in [0, 0.1) is 0 Å². The van der Waals surface area contributed by atoms with Gasteiger partial charge in [-0.2, -0.15) is 13.2 Å². The number of likely N-dealkylation sites (N-methyl/N-ethyl adjacent to an activating group) is 1. The number of piperazine rings is 1. The first kappa shape index (κ1) is 27.4. The molecule has 2 saturated heterocycles. The number of halogens is 3. The Kier molecular flexibility index (Phi) is 7.91. The fourth-order valence-corrected chi connectivity index (χ4v) is 3.97. The lowest BCUT2D eigenvalue weighted by atomic mass is 9.82. The van der Waals surface area contributed by atoms with Crippen molar-refractivity contribution >= 4 is 23.9 Å². The minimum absolute atomic E-state index is 0.00672. The van der Waals surface area contributed by atoms with Gasteiger partial charge in [-0.05, 0) is 47.6 Å². The molecule has 0 saturated carbocycles. The molecule has 0 aromatic rings. The summed E-state index contributed by atoms with van der Waals surface area (Å²) in [7, 11) is 1.95. The van der Waals surface area contributed by atoms with Crippen molar-refractivity contribution in [2.75, 3.05) is 39.8 Å². The van der Waals surface area contributed by atoms with Gasteiger partial charge in [0.1, 0.15) is 17.7 Å². The number of piperidine rings is 1. The van der Waals surface area contributed by atoms with Crippen LogP contribution in [-0.4, -0.2) is 101 Å². The molecule has 2 fully saturated rings. The number of hydrogen-bond donors (Lipinski definition) is 1. The second kappa shape index (κ2) is 9.80. The Morgan fingerprint density at radius 3 is 2.00 bits per heavy atom. The molecule has 3 rings (SSSR count). The van der Waals surface area contributed by atoms with Crippen molar-refractivity contribution in [2.45, 2.75) is 57.9 Å². The Balaban J connectivity index is 0.000000509. The monoisotopic (exact) mass is 493 g/mol. The zero-order valence-electron chi connectivity index (χ0n) is 19.8. The van der Waals surface area contributed by atoms with Crippen LogP contribution >= 0.6 is 0 Å². The molecule has 2 amide bonds. The van der Waals surface area contributed by atoms with Crippen molar-refractivity contribution < 1.29 is 46.9 Å². The molecule has 3 aliphatic heterocycles. The molecule has 10 nitrogen and oxygen atoms in total. The highest BCUT2D eigenvalue weighted by Gasteiger charge is 2.51. The molecule has 0 radical (unpaired) electrons. The third-order valence-corrected chi connectivity index (χ3v) is 5.92. The molecule has 0 unspecified atom stereocenters. The molecule has 192 valence electrons. The van der Waals surface area contributed by atoms with E-state index in [9.17, 15) is 27.6 Å². The summed E-state index contributed by atoms with van der Waals surface area (Å²) in [5, 5.41) is 7.12. The molecule has 0 aliphatic carbocycles. The molecule has 0 aromatic carbocycles. The highest BCUT2D eigenvalue weighted by Crippen LogP contribution is 2.36. The number of nitrogens with zero attached hydrogens (tertiary/aromatic N) is 3. The Morgan fingerprint density at radius 1 is 1.06 bits per heavy atom. The summed E-state index contributed by atoms with van der Waals surface area (Å²) in [6.07, 6.45) is -4.34. The van der Waals surface area contributed by atoms with E-state index in [-0.39, 0.29) is 24.6 Å². The number of carboxylic acids is 1. The molecule has 1 N–H and O–H groups in total. The third kappa shape index (κ3) is 5.99. The Hall–Kier alpha value is -2.83. The maximum Gasteiger partial charge on any atom is 0.490 e. The Labute approximate surface area is 195 Å². The van der Waals surface area contributed by atoms with Crippen LogP contribution < -0.4 is 0 Å². The Bertz CT molecular complexity index is 872. The number of carbonyl (C=O) groups is 4. The van der Waals surface area contributed by atoms with E-state index in [1.54, 1.807) is 16.7 Å². The molecule has 3 heterocycles. The van der Waals surface area contributed by atoms with E-state index in [1.165, 1.54) is 0 Å². The van der Waals surface area contributed by atoms with Crippen LogP contribution in [0.3, 0.4) is 0 Å². The van der Waals surface area contributed by atoms with Gasteiger partial charge in [-0.25, -0.2) is 14.4 Å². The largest absolute Gasteiger partial charge is 0.490 e. The van der Waals surface area contributed by atoms with Crippen molar-refractivity contribution in [1.29, 1.82) is 0 Å². The highest BCUT2D eigenvalue weighted by atomic mass is 19.4. The van der Waals surface area contributed by atoms with E-state index in [0.29, 0.717) is 50.3 Å². The minimum atomic E-state index is -5.08. The van der Waals surface area contributed by atoms with Gasteiger partial charge in [-0.3, -0.25) is 9.69 Å². The second-order valence-corrected chi connectivity index (χ2v) is 9.33. The number of rotatable bonds is 1. The van der Waals surface area contributed by atoms with Crippen molar-refractivity contribution in [3.8, 4) is 0 Å². The van der Waals surface area contributed by atoms with Crippen molar-refractivity contribution in [2.24, 2.45) is 0 Å². The summed E-state index contributed by atoms with van der Waals surface area (Å²) in [6, 6.07) is 0. The van der Waals surface area contributed by atoms with Crippen LogP contribution in [0.1, 0.15) is 40.5 Å². The van der Waals surface area contributed by atoms with E-state index < -0.39 is 23.3 Å². The van der Waals surface area contributed by atoms with Gasteiger partial charge in [0.15, 0.2) is 0 Å². The van der Waals surface area contributed by atoms with Gasteiger partial charge in [0.05, 0.1) is 11.3 Å². The van der Waals surface area contributed by atoms with Crippen molar-refractivity contribution in [3.05, 3.63) is 11.3 Å². The number of esters is 1. The first-order chi connectivity index (χ1) is 15.5. The first-order valence-electron chi connectivity index (χ1n) is 10.7. The summed E-state index contributed by atoms with van der Waals surface area (Å²) in [6.45, 7) is 9.56. The molecule has 34 heavy (non-hydrogen) atoms. The van der Waals surface area contributed by atoms with Gasteiger partial charge in [0, 0.05) is 26.2 Å². The molecule has 0 aromatic heterocycles. The SMILES string of the molecule is CC1=C(N2CCN(C)C3(CCN(C(=O)OC(C)(C)C)CC3)C2=O)COC1=O.O=C(O)C(F)(F)F. The maximum atomic E-state index is 13.4. The number of likely N-dealkylation sites (tertiary alicyclic amines) is 1. The number of cyclic esters (lactones) is 1. The van der Waals surface area contributed by atoms with Gasteiger partial charge < -0.3 is 24.4 Å². The lowest BCUT2D eigenvalue weighted by Crippen LogP contribution is -2.67. The van der Waals surface area contributed by atoms with Gasteiger partial charge in [0.25, 0.3) is 0 Å². The van der Waals surface area contributed by atoms with Gasteiger partial charge in [-0.1, -0.05) is 0 Å². The van der Waals surface area contributed by atoms with E-state index in [2.05, 4.69) is 4.90 Å². The van der Waals surface area contributed by atoms with E-state index >= 15 is 0 Å². The number of alkyl halides is 3. The van der Waals surface area contributed by atoms with Crippen LogP contribution in [0.2, 0.25) is 0 Å². The summed E-state index contributed by atoms with van der Waals surface area (Å²) in [5.41, 5.74) is -0.0175. The first-order valence-corrected chi connectivity index (χ1v) is 10.7. The van der Waals surface area contributed by atoms with Gasteiger partial charge in [0.2, 0.25) is 5.91 Å². The molecule has 0 bridgehead atoms. The van der Waals surface area contributed by atoms with Crippen LogP contribution in [0.5, 0.6) is 0 Å². The van der Waals surface area contributed by atoms with Gasteiger partial charge >= 0.3 is 24.2 Å². The second-order valence-electron chi connectivity index (χ2n) is 9.33. The number of ether oxygens (including phenoxy) is 2. The highest BCUT2D eigenvalue weighted by molar-refractivity contribution is 5.95. The maximum absolute atomic E-state index is 13.4. The van der Waals surface area contributed by atoms with Gasteiger partial charge in [-0.15, -0.1) is 0 Å². The molecule has 13 heteroatoms. The predicted molar refractivity (Wildman–Crippen MR) is 111 cm³/mol. The number of carboxylic acid groups (broad SMARTS) is 1. The number of hydrogen-bond acceptors (Lipinski definition) is 7.